The molecular weight excluding hydrogens is 400 g/mol. The van der Waals surface area contributed by atoms with Crippen molar-refractivity contribution in [3.05, 3.63) is 52.7 Å². The SMILES string of the molecule is O=C(CCCn1nnc(-c2ccccc2)n1)N1CCCN(C(=O)c2ccsc2)CC1. The van der Waals surface area contributed by atoms with Gasteiger partial charge in [0.15, 0.2) is 0 Å². The van der Waals surface area contributed by atoms with E-state index in [1.807, 2.05) is 57.0 Å². The summed E-state index contributed by atoms with van der Waals surface area (Å²) in [5, 5.41) is 16.3. The van der Waals surface area contributed by atoms with E-state index in [0.29, 0.717) is 51.4 Å². The van der Waals surface area contributed by atoms with Crippen molar-refractivity contribution in [2.24, 2.45) is 0 Å². The molecule has 0 radical (unpaired) electrons. The molecule has 156 valence electrons. The Balaban J connectivity index is 1.24. The minimum absolute atomic E-state index is 0.0528. The zero-order valence-corrected chi connectivity index (χ0v) is 17.5. The van der Waals surface area contributed by atoms with Crippen LogP contribution in [0.15, 0.2) is 47.2 Å². The Morgan fingerprint density at radius 2 is 1.80 bits per heavy atom. The quantitative estimate of drug-likeness (QED) is 0.607. The van der Waals surface area contributed by atoms with E-state index < -0.39 is 0 Å². The van der Waals surface area contributed by atoms with Crippen molar-refractivity contribution in [3.8, 4) is 11.4 Å². The second kappa shape index (κ2) is 9.62. The zero-order chi connectivity index (χ0) is 20.8. The van der Waals surface area contributed by atoms with E-state index in [1.165, 1.54) is 11.3 Å². The summed E-state index contributed by atoms with van der Waals surface area (Å²) in [7, 11) is 0. The lowest BCUT2D eigenvalue weighted by atomic mass is 10.2. The number of hydrogen-bond acceptors (Lipinski definition) is 6. The molecule has 1 saturated heterocycles. The molecule has 1 aromatic carbocycles. The summed E-state index contributed by atoms with van der Waals surface area (Å²) in [5.41, 5.74) is 1.65. The van der Waals surface area contributed by atoms with Crippen molar-refractivity contribution >= 4 is 23.2 Å². The van der Waals surface area contributed by atoms with Gasteiger partial charge >= 0.3 is 0 Å². The molecule has 0 aliphatic carbocycles. The normalized spacial score (nSPS) is 14.5. The van der Waals surface area contributed by atoms with Crippen LogP contribution in [0.25, 0.3) is 11.4 Å². The molecule has 3 heterocycles. The number of aromatic nitrogens is 4. The van der Waals surface area contributed by atoms with E-state index in [2.05, 4.69) is 15.4 Å². The van der Waals surface area contributed by atoms with E-state index in [-0.39, 0.29) is 11.8 Å². The smallest absolute Gasteiger partial charge is 0.254 e. The second-order valence-electron chi connectivity index (χ2n) is 7.22. The van der Waals surface area contributed by atoms with Crippen molar-refractivity contribution < 1.29 is 9.59 Å². The fraction of sp³-hybridized carbons (Fsp3) is 0.381. The molecule has 9 heteroatoms. The molecular formula is C21H24N6O2S. The van der Waals surface area contributed by atoms with Crippen LogP contribution in [0.3, 0.4) is 0 Å². The number of nitrogens with zero attached hydrogens (tertiary/aromatic N) is 6. The minimum Gasteiger partial charge on any atom is -0.341 e. The number of rotatable bonds is 6. The summed E-state index contributed by atoms with van der Waals surface area (Å²) < 4.78 is 0. The molecule has 8 nitrogen and oxygen atoms in total. The molecule has 2 amide bonds. The predicted molar refractivity (Wildman–Crippen MR) is 114 cm³/mol. The molecule has 1 fully saturated rings. The lowest BCUT2D eigenvalue weighted by Gasteiger charge is -2.22. The third-order valence-electron chi connectivity index (χ3n) is 5.14. The van der Waals surface area contributed by atoms with Crippen LogP contribution in [0.2, 0.25) is 0 Å². The highest BCUT2D eigenvalue weighted by Gasteiger charge is 2.22. The van der Waals surface area contributed by atoms with Gasteiger partial charge in [-0.05, 0) is 29.5 Å². The maximum absolute atomic E-state index is 12.6. The van der Waals surface area contributed by atoms with Gasteiger partial charge in [0, 0.05) is 43.5 Å². The molecule has 0 saturated carbocycles. The van der Waals surface area contributed by atoms with Gasteiger partial charge in [-0.3, -0.25) is 9.59 Å². The van der Waals surface area contributed by atoms with Gasteiger partial charge in [-0.15, -0.1) is 10.2 Å². The van der Waals surface area contributed by atoms with Crippen molar-refractivity contribution in [1.82, 2.24) is 30.0 Å². The molecule has 1 aliphatic rings. The number of amides is 2. The van der Waals surface area contributed by atoms with Crippen molar-refractivity contribution in [1.29, 1.82) is 0 Å². The number of benzene rings is 1. The summed E-state index contributed by atoms with van der Waals surface area (Å²) in [6.45, 7) is 3.07. The van der Waals surface area contributed by atoms with Gasteiger partial charge in [-0.1, -0.05) is 30.3 Å². The third kappa shape index (κ3) is 4.91. The highest BCUT2D eigenvalue weighted by Crippen LogP contribution is 2.14. The Morgan fingerprint density at radius 1 is 1.00 bits per heavy atom. The molecule has 0 N–H and O–H groups in total. The molecule has 0 atom stereocenters. The van der Waals surface area contributed by atoms with Gasteiger partial charge in [0.1, 0.15) is 0 Å². The highest BCUT2D eigenvalue weighted by molar-refractivity contribution is 7.08. The Bertz CT molecular complexity index is 973. The highest BCUT2D eigenvalue weighted by atomic mass is 32.1. The van der Waals surface area contributed by atoms with Crippen LogP contribution in [-0.2, 0) is 11.3 Å². The van der Waals surface area contributed by atoms with E-state index in [1.54, 1.807) is 4.80 Å². The first kappa shape index (κ1) is 20.2. The van der Waals surface area contributed by atoms with Gasteiger partial charge in [0.25, 0.3) is 5.91 Å². The van der Waals surface area contributed by atoms with Crippen LogP contribution in [0.5, 0.6) is 0 Å². The number of carbonyl (C=O) groups excluding carboxylic acids is 2. The monoisotopic (exact) mass is 424 g/mol. The summed E-state index contributed by atoms with van der Waals surface area (Å²) in [6, 6.07) is 11.5. The number of carbonyl (C=O) groups is 2. The van der Waals surface area contributed by atoms with Gasteiger partial charge < -0.3 is 9.80 Å². The molecule has 0 unspecified atom stereocenters. The Hall–Kier alpha value is -3.07. The molecule has 30 heavy (non-hydrogen) atoms. The largest absolute Gasteiger partial charge is 0.341 e. The predicted octanol–water partition coefficient (Wildman–Crippen LogP) is 2.56. The van der Waals surface area contributed by atoms with Gasteiger partial charge in [-0.2, -0.15) is 16.1 Å². The van der Waals surface area contributed by atoms with Crippen LogP contribution < -0.4 is 0 Å². The van der Waals surface area contributed by atoms with E-state index in [9.17, 15) is 9.59 Å². The molecule has 2 aromatic heterocycles. The van der Waals surface area contributed by atoms with E-state index in [4.69, 9.17) is 0 Å². The standard InChI is InChI=1S/C21H24N6O2S/c28-19(8-4-12-27-23-20(22-24-27)17-6-2-1-3-7-17)25-10-5-11-26(14-13-25)21(29)18-9-15-30-16-18/h1-3,6-7,9,15-16H,4-5,8,10-14H2. The number of tetrazole rings is 1. The summed E-state index contributed by atoms with van der Waals surface area (Å²) >= 11 is 1.52. The van der Waals surface area contributed by atoms with Crippen molar-refractivity contribution in [3.63, 3.8) is 0 Å². The van der Waals surface area contributed by atoms with Gasteiger partial charge in [-0.25, -0.2) is 0 Å². The number of aryl methyl sites for hydroxylation is 1. The van der Waals surface area contributed by atoms with Crippen LogP contribution >= 0.6 is 11.3 Å². The zero-order valence-electron chi connectivity index (χ0n) is 16.7. The summed E-state index contributed by atoms with van der Waals surface area (Å²) in [6.07, 6.45) is 1.88. The lowest BCUT2D eigenvalue weighted by Crippen LogP contribution is -2.37. The van der Waals surface area contributed by atoms with E-state index >= 15 is 0 Å². The van der Waals surface area contributed by atoms with Crippen molar-refractivity contribution in [2.45, 2.75) is 25.8 Å². The molecule has 3 aromatic rings. The summed E-state index contributed by atoms with van der Waals surface area (Å²) in [4.78, 5) is 30.4. The van der Waals surface area contributed by atoms with Crippen LogP contribution in [0.1, 0.15) is 29.6 Å². The Morgan fingerprint density at radius 3 is 2.60 bits per heavy atom. The topological polar surface area (TPSA) is 84.2 Å². The van der Waals surface area contributed by atoms with Gasteiger partial charge in [0.05, 0.1) is 12.1 Å². The lowest BCUT2D eigenvalue weighted by molar-refractivity contribution is -0.131. The molecule has 0 spiro atoms. The van der Waals surface area contributed by atoms with Crippen LogP contribution in [0, 0.1) is 0 Å². The molecule has 0 bridgehead atoms. The fourth-order valence-corrected chi connectivity index (χ4v) is 4.14. The van der Waals surface area contributed by atoms with E-state index in [0.717, 1.165) is 17.5 Å². The maximum Gasteiger partial charge on any atom is 0.254 e. The maximum atomic E-state index is 12.6. The number of thiophene rings is 1. The Kier molecular flexibility index (Phi) is 6.48. The minimum atomic E-state index is 0.0528. The van der Waals surface area contributed by atoms with Crippen LogP contribution in [-0.4, -0.2) is 68.0 Å². The molecule has 1 aliphatic heterocycles. The average molecular weight is 425 g/mol. The first-order valence-electron chi connectivity index (χ1n) is 10.1. The summed E-state index contributed by atoms with van der Waals surface area (Å²) in [5.74, 6) is 0.755. The van der Waals surface area contributed by atoms with Gasteiger partial charge in [0.2, 0.25) is 11.7 Å². The van der Waals surface area contributed by atoms with Crippen LogP contribution in [0.4, 0.5) is 0 Å². The Labute approximate surface area is 179 Å². The first-order valence-corrected chi connectivity index (χ1v) is 11.1. The second-order valence-corrected chi connectivity index (χ2v) is 8.00. The van der Waals surface area contributed by atoms with Crippen molar-refractivity contribution in [2.75, 3.05) is 26.2 Å². The first-order chi connectivity index (χ1) is 14.7. The number of hydrogen-bond donors (Lipinski definition) is 0. The average Bonchev–Trinajstić information content (AvgIpc) is 3.42. The third-order valence-corrected chi connectivity index (χ3v) is 5.82. The fourth-order valence-electron chi connectivity index (χ4n) is 3.51. The molecule has 4 rings (SSSR count).